The molecule has 0 amide bonds. The fraction of sp³-hybridized carbons (Fsp3) is 0.650. The lowest BCUT2D eigenvalue weighted by atomic mass is 9.96. The largest absolute Gasteiger partial charge is 0.381 e. The van der Waals surface area contributed by atoms with Gasteiger partial charge in [-0.1, -0.05) is 28.1 Å². The van der Waals surface area contributed by atoms with Gasteiger partial charge < -0.3 is 20.1 Å². The van der Waals surface area contributed by atoms with E-state index in [9.17, 15) is 0 Å². The summed E-state index contributed by atoms with van der Waals surface area (Å²) in [5.41, 5.74) is 1.66. The summed E-state index contributed by atoms with van der Waals surface area (Å²) < 4.78 is 12.4. The second-order valence-electron chi connectivity index (χ2n) is 7.18. The molecular weight excluding hydrogens is 394 g/mol. The maximum absolute atomic E-state index is 5.91. The van der Waals surface area contributed by atoms with Gasteiger partial charge in [0.1, 0.15) is 0 Å². The van der Waals surface area contributed by atoms with Crippen LogP contribution in [-0.2, 0) is 14.9 Å². The van der Waals surface area contributed by atoms with Crippen molar-refractivity contribution in [3.8, 4) is 0 Å². The van der Waals surface area contributed by atoms with Gasteiger partial charge in [-0.15, -0.1) is 0 Å². The molecular formula is C20H30BrN3O2. The summed E-state index contributed by atoms with van der Waals surface area (Å²) in [6.07, 6.45) is 5.86. The minimum absolute atomic E-state index is 0.258. The number of nitrogens with one attached hydrogen (secondary N) is 2. The first kappa shape index (κ1) is 19.6. The van der Waals surface area contributed by atoms with Crippen LogP contribution in [-0.4, -0.2) is 52.0 Å². The van der Waals surface area contributed by atoms with Crippen LogP contribution in [0.15, 0.2) is 33.7 Å². The molecule has 3 rings (SSSR count). The van der Waals surface area contributed by atoms with Crippen LogP contribution in [0.2, 0.25) is 0 Å². The first-order chi connectivity index (χ1) is 12.7. The van der Waals surface area contributed by atoms with E-state index in [2.05, 4.69) is 55.8 Å². The van der Waals surface area contributed by atoms with Gasteiger partial charge >= 0.3 is 0 Å². The van der Waals surface area contributed by atoms with Crippen molar-refractivity contribution in [2.24, 2.45) is 4.99 Å². The molecule has 1 aromatic carbocycles. The number of guanidine groups is 1. The van der Waals surface area contributed by atoms with Crippen molar-refractivity contribution in [2.45, 2.75) is 43.6 Å². The minimum atomic E-state index is 0.258. The molecule has 0 atom stereocenters. The third-order valence-corrected chi connectivity index (χ3v) is 5.74. The molecule has 0 spiro atoms. The molecule has 6 heteroatoms. The Labute approximate surface area is 165 Å². The average Bonchev–Trinajstić information content (AvgIpc) is 3.46. The number of hydrogen-bond donors (Lipinski definition) is 2. The van der Waals surface area contributed by atoms with Crippen LogP contribution in [0.3, 0.4) is 0 Å². The zero-order chi connectivity index (χ0) is 18.2. The lowest BCUT2D eigenvalue weighted by molar-refractivity contribution is -0.0320. The van der Waals surface area contributed by atoms with E-state index in [4.69, 9.17) is 9.47 Å². The highest BCUT2D eigenvalue weighted by molar-refractivity contribution is 9.10. The molecule has 2 aliphatic rings. The summed E-state index contributed by atoms with van der Waals surface area (Å²) in [7, 11) is 1.83. The second kappa shape index (κ2) is 9.72. The Hall–Kier alpha value is -1.11. The monoisotopic (exact) mass is 423 g/mol. The van der Waals surface area contributed by atoms with E-state index in [1.165, 1.54) is 18.4 Å². The highest BCUT2D eigenvalue weighted by Gasteiger charge is 2.44. The first-order valence-electron chi connectivity index (χ1n) is 9.62. The van der Waals surface area contributed by atoms with Gasteiger partial charge in [0.05, 0.1) is 6.10 Å². The van der Waals surface area contributed by atoms with Crippen molar-refractivity contribution in [1.29, 1.82) is 0 Å². The Morgan fingerprint density at radius 1 is 1.31 bits per heavy atom. The van der Waals surface area contributed by atoms with E-state index < -0.39 is 0 Å². The van der Waals surface area contributed by atoms with Gasteiger partial charge in [-0.05, 0) is 49.8 Å². The fourth-order valence-corrected chi connectivity index (χ4v) is 3.78. The third-order valence-electron chi connectivity index (χ3n) is 5.24. The maximum atomic E-state index is 5.91. The molecule has 0 unspecified atom stereocenters. The summed E-state index contributed by atoms with van der Waals surface area (Å²) in [5.74, 6) is 0.873. The van der Waals surface area contributed by atoms with E-state index in [0.29, 0.717) is 6.10 Å². The van der Waals surface area contributed by atoms with E-state index >= 15 is 0 Å². The molecule has 5 nitrogen and oxygen atoms in total. The predicted octanol–water partition coefficient (Wildman–Crippen LogP) is 3.23. The fourth-order valence-electron chi connectivity index (χ4n) is 3.38. The number of hydrogen-bond acceptors (Lipinski definition) is 3. The quantitative estimate of drug-likeness (QED) is 0.382. The van der Waals surface area contributed by atoms with E-state index in [0.717, 1.165) is 62.6 Å². The number of halogens is 1. The topological polar surface area (TPSA) is 54.9 Å². The highest BCUT2D eigenvalue weighted by atomic mass is 79.9. The zero-order valence-corrected chi connectivity index (χ0v) is 17.2. The van der Waals surface area contributed by atoms with Gasteiger partial charge in [0, 0.05) is 49.8 Å². The number of aliphatic imine (C=N–C) groups is 1. The molecule has 0 bridgehead atoms. The molecule has 2 fully saturated rings. The predicted molar refractivity (Wildman–Crippen MR) is 109 cm³/mol. The Morgan fingerprint density at radius 3 is 2.81 bits per heavy atom. The molecule has 1 heterocycles. The Kier molecular flexibility index (Phi) is 7.34. The van der Waals surface area contributed by atoms with Gasteiger partial charge in [0.2, 0.25) is 0 Å². The standard InChI is InChI=1S/C20H30BrN3O2/c1-22-19(23-10-3-11-26-18-6-12-25-13-7-18)24-15-20(8-9-20)16-4-2-5-17(21)14-16/h2,4-5,14,18H,3,6-13,15H2,1H3,(H2,22,23,24). The second-order valence-corrected chi connectivity index (χ2v) is 8.09. The van der Waals surface area contributed by atoms with Gasteiger partial charge in [-0.2, -0.15) is 0 Å². The van der Waals surface area contributed by atoms with Crippen LogP contribution in [0.4, 0.5) is 0 Å². The van der Waals surface area contributed by atoms with Crippen LogP contribution in [0.5, 0.6) is 0 Å². The Bertz CT molecular complexity index is 598. The normalized spacial score (nSPS) is 20.0. The summed E-state index contributed by atoms with van der Waals surface area (Å²) in [6.45, 7) is 4.24. The van der Waals surface area contributed by atoms with Gasteiger partial charge in [0.25, 0.3) is 0 Å². The summed E-state index contributed by atoms with van der Waals surface area (Å²) >= 11 is 3.58. The van der Waals surface area contributed by atoms with Crippen molar-refractivity contribution < 1.29 is 9.47 Å². The SMILES string of the molecule is CN=C(NCCCOC1CCOCC1)NCC1(c2cccc(Br)c2)CC1. The van der Waals surface area contributed by atoms with Crippen LogP contribution in [0.25, 0.3) is 0 Å². The van der Waals surface area contributed by atoms with Gasteiger partial charge in [-0.25, -0.2) is 0 Å². The first-order valence-corrected chi connectivity index (χ1v) is 10.4. The summed E-state index contributed by atoms with van der Waals surface area (Å²) in [6, 6.07) is 8.66. The molecule has 1 saturated carbocycles. The molecule has 1 saturated heterocycles. The molecule has 1 aliphatic carbocycles. The van der Waals surface area contributed by atoms with E-state index in [1.54, 1.807) is 0 Å². The van der Waals surface area contributed by atoms with E-state index in [1.807, 2.05) is 7.05 Å². The van der Waals surface area contributed by atoms with Crippen LogP contribution < -0.4 is 10.6 Å². The number of nitrogens with zero attached hydrogens (tertiary/aromatic N) is 1. The smallest absolute Gasteiger partial charge is 0.191 e. The Balaban J connectivity index is 1.34. The van der Waals surface area contributed by atoms with Crippen molar-refractivity contribution in [2.75, 3.05) is 40.0 Å². The average molecular weight is 424 g/mol. The van der Waals surface area contributed by atoms with Crippen molar-refractivity contribution >= 4 is 21.9 Å². The van der Waals surface area contributed by atoms with Gasteiger partial charge in [-0.3, -0.25) is 4.99 Å². The number of benzene rings is 1. The third kappa shape index (κ3) is 5.69. The number of rotatable bonds is 8. The molecule has 144 valence electrons. The summed E-state index contributed by atoms with van der Waals surface area (Å²) in [5, 5.41) is 6.89. The molecule has 0 radical (unpaired) electrons. The Morgan fingerprint density at radius 2 is 2.12 bits per heavy atom. The lowest BCUT2D eigenvalue weighted by Crippen LogP contribution is -2.41. The number of ether oxygens (including phenoxy) is 2. The molecule has 2 N–H and O–H groups in total. The highest BCUT2D eigenvalue weighted by Crippen LogP contribution is 2.48. The zero-order valence-electron chi connectivity index (χ0n) is 15.6. The molecule has 0 aromatic heterocycles. The summed E-state index contributed by atoms with van der Waals surface area (Å²) in [4.78, 5) is 4.35. The minimum Gasteiger partial charge on any atom is -0.381 e. The van der Waals surface area contributed by atoms with Crippen LogP contribution in [0.1, 0.15) is 37.7 Å². The lowest BCUT2D eigenvalue weighted by Gasteiger charge is -2.22. The molecule has 1 aromatic rings. The molecule has 26 heavy (non-hydrogen) atoms. The maximum Gasteiger partial charge on any atom is 0.191 e. The van der Waals surface area contributed by atoms with Gasteiger partial charge in [0.15, 0.2) is 5.96 Å². The van der Waals surface area contributed by atoms with Crippen molar-refractivity contribution in [3.63, 3.8) is 0 Å². The molecule has 1 aliphatic heterocycles. The van der Waals surface area contributed by atoms with E-state index in [-0.39, 0.29) is 5.41 Å². The van der Waals surface area contributed by atoms with Crippen LogP contribution >= 0.6 is 15.9 Å². The van der Waals surface area contributed by atoms with Crippen molar-refractivity contribution in [1.82, 2.24) is 10.6 Å². The van der Waals surface area contributed by atoms with Crippen molar-refractivity contribution in [3.05, 3.63) is 34.3 Å². The van der Waals surface area contributed by atoms with Crippen LogP contribution in [0, 0.1) is 0 Å².